The number of carbonyl (C=O) groups excluding carboxylic acids is 1. The van der Waals surface area contributed by atoms with E-state index in [-0.39, 0.29) is 18.7 Å². The second-order valence-electron chi connectivity index (χ2n) is 6.56. The van der Waals surface area contributed by atoms with Gasteiger partial charge in [-0.2, -0.15) is 0 Å². The number of hydrogen-bond acceptors (Lipinski definition) is 3. The van der Waals surface area contributed by atoms with Gasteiger partial charge in [0.05, 0.1) is 13.1 Å². The summed E-state index contributed by atoms with van der Waals surface area (Å²) in [5.41, 5.74) is -0.518. The first-order chi connectivity index (χ1) is 9.92. The number of aliphatic carboxylic acids is 1. The highest BCUT2D eigenvalue weighted by Gasteiger charge is 2.43. The molecule has 0 aromatic heterocycles. The van der Waals surface area contributed by atoms with Gasteiger partial charge in [-0.25, -0.2) is 9.59 Å². The van der Waals surface area contributed by atoms with Crippen LogP contribution in [0.5, 0.6) is 0 Å². The minimum Gasteiger partial charge on any atom is -0.480 e. The zero-order chi connectivity index (χ0) is 15.5. The van der Waals surface area contributed by atoms with Gasteiger partial charge in [-0.1, -0.05) is 13.3 Å². The maximum absolute atomic E-state index is 12.1. The van der Waals surface area contributed by atoms with Crippen LogP contribution < -0.4 is 5.32 Å². The first-order valence-corrected chi connectivity index (χ1v) is 7.83. The van der Waals surface area contributed by atoms with Crippen molar-refractivity contribution in [3.8, 4) is 0 Å². The molecule has 0 spiro atoms. The minimum absolute atomic E-state index is 0.0497. The van der Waals surface area contributed by atoms with Gasteiger partial charge >= 0.3 is 12.0 Å². The standard InChI is InChI=1S/C15H26N2O4/c1-3-11-4-6-12(7-5-11)16-14(20)17-9-15(2,10-17)21-8-13(18)19/h11-12H,3-10H2,1-2H3,(H,16,20)(H,18,19). The average molecular weight is 298 g/mol. The van der Waals surface area contributed by atoms with E-state index in [2.05, 4.69) is 12.2 Å². The van der Waals surface area contributed by atoms with Gasteiger partial charge in [0.15, 0.2) is 0 Å². The second kappa shape index (κ2) is 6.64. The number of nitrogens with one attached hydrogen (secondary N) is 1. The highest BCUT2D eigenvalue weighted by Crippen LogP contribution is 2.28. The summed E-state index contributed by atoms with van der Waals surface area (Å²) >= 11 is 0. The van der Waals surface area contributed by atoms with Crippen LogP contribution in [0.1, 0.15) is 46.0 Å². The van der Waals surface area contributed by atoms with Gasteiger partial charge in [-0.05, 0) is 38.5 Å². The third kappa shape index (κ3) is 4.33. The van der Waals surface area contributed by atoms with Crippen molar-refractivity contribution in [1.82, 2.24) is 10.2 Å². The van der Waals surface area contributed by atoms with E-state index in [9.17, 15) is 9.59 Å². The molecule has 2 aliphatic rings. The summed E-state index contributed by atoms with van der Waals surface area (Å²) in [5, 5.41) is 11.7. The molecule has 2 rings (SSSR count). The van der Waals surface area contributed by atoms with Crippen molar-refractivity contribution in [2.75, 3.05) is 19.7 Å². The van der Waals surface area contributed by atoms with Crippen LogP contribution in [0, 0.1) is 5.92 Å². The van der Waals surface area contributed by atoms with Crippen molar-refractivity contribution in [3.63, 3.8) is 0 Å². The van der Waals surface area contributed by atoms with Gasteiger partial charge < -0.3 is 20.1 Å². The molecule has 2 fully saturated rings. The fourth-order valence-electron chi connectivity index (χ4n) is 3.21. The molecule has 1 aliphatic heterocycles. The molecular weight excluding hydrogens is 272 g/mol. The van der Waals surface area contributed by atoms with Gasteiger partial charge in [0.1, 0.15) is 12.2 Å². The van der Waals surface area contributed by atoms with Gasteiger partial charge in [-0.15, -0.1) is 0 Å². The zero-order valence-corrected chi connectivity index (χ0v) is 12.9. The fourth-order valence-corrected chi connectivity index (χ4v) is 3.21. The van der Waals surface area contributed by atoms with E-state index in [4.69, 9.17) is 9.84 Å². The second-order valence-corrected chi connectivity index (χ2v) is 6.56. The molecule has 1 heterocycles. The molecule has 0 bridgehead atoms. The number of carboxylic acid groups (broad SMARTS) is 1. The Morgan fingerprint density at radius 2 is 1.90 bits per heavy atom. The van der Waals surface area contributed by atoms with E-state index >= 15 is 0 Å². The first kappa shape index (κ1) is 16.1. The smallest absolute Gasteiger partial charge is 0.329 e. The van der Waals surface area contributed by atoms with Crippen molar-refractivity contribution in [2.24, 2.45) is 5.92 Å². The van der Waals surface area contributed by atoms with Crippen molar-refractivity contribution in [3.05, 3.63) is 0 Å². The summed E-state index contributed by atoms with van der Waals surface area (Å²) in [4.78, 5) is 24.3. The molecule has 1 saturated carbocycles. The van der Waals surface area contributed by atoms with Crippen LogP contribution in [-0.4, -0.2) is 53.3 Å². The minimum atomic E-state index is -0.980. The Morgan fingerprint density at radius 1 is 1.29 bits per heavy atom. The highest BCUT2D eigenvalue weighted by molar-refractivity contribution is 5.76. The summed E-state index contributed by atoms with van der Waals surface area (Å²) in [6.45, 7) is 4.66. The number of carbonyl (C=O) groups is 2. The maximum Gasteiger partial charge on any atom is 0.329 e. The summed E-state index contributed by atoms with van der Waals surface area (Å²) in [6, 6.07) is 0.235. The topological polar surface area (TPSA) is 78.9 Å². The van der Waals surface area contributed by atoms with E-state index < -0.39 is 11.6 Å². The summed E-state index contributed by atoms with van der Waals surface area (Å²) in [5.74, 6) is -0.165. The lowest BCUT2D eigenvalue weighted by molar-refractivity contribution is -0.159. The van der Waals surface area contributed by atoms with Crippen LogP contribution >= 0.6 is 0 Å². The molecule has 21 heavy (non-hydrogen) atoms. The molecule has 1 saturated heterocycles. The predicted molar refractivity (Wildman–Crippen MR) is 78.1 cm³/mol. The molecular formula is C15H26N2O4. The maximum atomic E-state index is 12.1. The molecule has 6 heteroatoms. The van der Waals surface area contributed by atoms with Gasteiger partial charge in [0.2, 0.25) is 0 Å². The quantitative estimate of drug-likeness (QED) is 0.811. The Labute approximate surface area is 125 Å². The Balaban J connectivity index is 1.68. The van der Waals surface area contributed by atoms with E-state index in [1.165, 1.54) is 19.3 Å². The van der Waals surface area contributed by atoms with Crippen molar-refractivity contribution >= 4 is 12.0 Å². The number of rotatable bonds is 5. The van der Waals surface area contributed by atoms with Crippen LogP contribution in [0.4, 0.5) is 4.79 Å². The van der Waals surface area contributed by atoms with Crippen LogP contribution in [0.25, 0.3) is 0 Å². The van der Waals surface area contributed by atoms with E-state index in [1.807, 2.05) is 6.92 Å². The van der Waals surface area contributed by atoms with Crippen molar-refractivity contribution in [2.45, 2.75) is 57.6 Å². The molecule has 2 N–H and O–H groups in total. The van der Waals surface area contributed by atoms with Crippen LogP contribution in [0.2, 0.25) is 0 Å². The third-order valence-electron chi connectivity index (χ3n) is 4.63. The molecule has 120 valence electrons. The van der Waals surface area contributed by atoms with Gasteiger partial charge in [-0.3, -0.25) is 0 Å². The molecule has 0 atom stereocenters. The molecule has 0 unspecified atom stereocenters. The Bertz CT molecular complexity index is 385. The van der Waals surface area contributed by atoms with Crippen molar-refractivity contribution in [1.29, 1.82) is 0 Å². The normalized spacial score (nSPS) is 27.8. The zero-order valence-electron chi connectivity index (χ0n) is 12.9. The molecule has 1 aliphatic carbocycles. The molecule has 6 nitrogen and oxygen atoms in total. The number of nitrogens with zero attached hydrogens (tertiary/aromatic N) is 1. The van der Waals surface area contributed by atoms with E-state index in [0.717, 1.165) is 18.8 Å². The Hall–Kier alpha value is -1.30. The van der Waals surface area contributed by atoms with Crippen molar-refractivity contribution < 1.29 is 19.4 Å². The van der Waals surface area contributed by atoms with Crippen LogP contribution in [-0.2, 0) is 9.53 Å². The lowest BCUT2D eigenvalue weighted by Gasteiger charge is -2.47. The number of carboxylic acids is 1. The third-order valence-corrected chi connectivity index (χ3v) is 4.63. The average Bonchev–Trinajstić information content (AvgIpc) is 2.43. The monoisotopic (exact) mass is 298 g/mol. The number of amides is 2. The van der Waals surface area contributed by atoms with Crippen LogP contribution in [0.3, 0.4) is 0 Å². The Kier molecular flexibility index (Phi) is 5.08. The molecule has 0 radical (unpaired) electrons. The largest absolute Gasteiger partial charge is 0.480 e. The lowest BCUT2D eigenvalue weighted by atomic mass is 9.84. The predicted octanol–water partition coefficient (Wildman–Crippen LogP) is 1.84. The number of urea groups is 1. The molecule has 2 amide bonds. The molecule has 0 aromatic carbocycles. The number of likely N-dealkylation sites (tertiary alicyclic amines) is 1. The number of ether oxygens (including phenoxy) is 1. The van der Waals surface area contributed by atoms with E-state index in [0.29, 0.717) is 13.1 Å². The summed E-state index contributed by atoms with van der Waals surface area (Å²) in [7, 11) is 0. The summed E-state index contributed by atoms with van der Waals surface area (Å²) < 4.78 is 5.30. The molecule has 0 aromatic rings. The van der Waals surface area contributed by atoms with Gasteiger partial charge in [0.25, 0.3) is 0 Å². The highest BCUT2D eigenvalue weighted by atomic mass is 16.5. The Morgan fingerprint density at radius 3 is 2.43 bits per heavy atom. The van der Waals surface area contributed by atoms with Gasteiger partial charge in [0, 0.05) is 6.04 Å². The summed E-state index contributed by atoms with van der Waals surface area (Å²) in [6.07, 6.45) is 5.74. The van der Waals surface area contributed by atoms with Crippen LogP contribution in [0.15, 0.2) is 0 Å². The SMILES string of the molecule is CCC1CCC(NC(=O)N2CC(C)(OCC(=O)O)C2)CC1. The lowest BCUT2D eigenvalue weighted by Crippen LogP contribution is -2.66. The fraction of sp³-hybridized carbons (Fsp3) is 0.867. The first-order valence-electron chi connectivity index (χ1n) is 7.83. The number of hydrogen-bond donors (Lipinski definition) is 2. The van der Waals surface area contributed by atoms with E-state index in [1.54, 1.807) is 4.90 Å².